The van der Waals surface area contributed by atoms with E-state index in [1.807, 2.05) is 0 Å². The average molecular weight is 493 g/mol. The van der Waals surface area contributed by atoms with E-state index in [9.17, 15) is 18.0 Å². The molecule has 4 aromatic heterocycles. The van der Waals surface area contributed by atoms with E-state index < -0.39 is 17.9 Å². The number of aromatic nitrogens is 4. The summed E-state index contributed by atoms with van der Waals surface area (Å²) in [7, 11) is 0. The highest BCUT2D eigenvalue weighted by Crippen LogP contribution is 2.41. The Bertz CT molecular complexity index is 1440. The maximum Gasteiger partial charge on any atom is 0.433 e. The second kappa shape index (κ2) is 8.33. The van der Waals surface area contributed by atoms with Gasteiger partial charge in [-0.05, 0) is 42.8 Å². The molecule has 1 N–H and O–H groups in total. The van der Waals surface area contributed by atoms with Crippen molar-refractivity contribution in [3.05, 3.63) is 67.1 Å². The maximum absolute atomic E-state index is 13.5. The SMILES string of the molecule is O=C(Nc1cc(-c2cnco2)ccn1)N1c2nc(-c3ccnc(C(F)(F)F)c3)ccc2N2CC[C@H]1C2. The van der Waals surface area contributed by atoms with E-state index in [-0.39, 0.29) is 11.6 Å². The number of nitrogens with one attached hydrogen (secondary N) is 1. The van der Waals surface area contributed by atoms with E-state index in [1.54, 1.807) is 41.6 Å². The Morgan fingerprint density at radius 3 is 2.72 bits per heavy atom. The molecule has 2 amide bonds. The molecule has 6 heterocycles. The summed E-state index contributed by atoms with van der Waals surface area (Å²) >= 11 is 0. The van der Waals surface area contributed by atoms with Crippen molar-refractivity contribution in [1.82, 2.24) is 19.9 Å². The van der Waals surface area contributed by atoms with Gasteiger partial charge >= 0.3 is 12.2 Å². The molecule has 0 aromatic carbocycles. The number of halogens is 3. The summed E-state index contributed by atoms with van der Waals surface area (Å²) in [6, 6.07) is 8.70. The number of hydrogen-bond donors (Lipinski definition) is 1. The van der Waals surface area contributed by atoms with Crippen molar-refractivity contribution in [2.24, 2.45) is 0 Å². The Morgan fingerprint density at radius 2 is 1.92 bits per heavy atom. The number of pyridine rings is 3. The number of urea groups is 1. The standard InChI is InChI=1S/C24H18F3N7O2/c25-24(26,27)20-9-14(3-6-29-20)17-1-2-18-22(31-17)34(16-5-8-33(18)12-16)23(35)32-21-10-15(4-7-30-21)19-11-28-13-36-19/h1-4,6-7,9-11,13,16H,5,8,12H2,(H,30,32,35)/t16-/m0/s1. The number of fused-ring (bicyclic) bond motifs is 4. The van der Waals surface area contributed by atoms with Crippen molar-refractivity contribution in [3.8, 4) is 22.6 Å². The smallest absolute Gasteiger partial charge is 0.433 e. The first-order valence-corrected chi connectivity index (χ1v) is 11.1. The third-order valence-corrected chi connectivity index (χ3v) is 6.23. The van der Waals surface area contributed by atoms with Crippen molar-refractivity contribution in [1.29, 1.82) is 0 Å². The van der Waals surface area contributed by atoms with Crippen LogP contribution in [0.25, 0.3) is 22.6 Å². The Labute approximate surface area is 202 Å². The first-order chi connectivity index (χ1) is 17.4. The summed E-state index contributed by atoms with van der Waals surface area (Å²) in [4.78, 5) is 33.4. The lowest BCUT2D eigenvalue weighted by atomic mass is 10.1. The van der Waals surface area contributed by atoms with Crippen LogP contribution in [0.4, 0.5) is 35.3 Å². The number of nitrogens with zero attached hydrogens (tertiary/aromatic N) is 6. The molecule has 4 aromatic rings. The first-order valence-electron chi connectivity index (χ1n) is 11.1. The predicted molar refractivity (Wildman–Crippen MR) is 124 cm³/mol. The van der Waals surface area contributed by atoms with Crippen LogP contribution in [0.3, 0.4) is 0 Å². The second-order valence-corrected chi connectivity index (χ2v) is 8.45. The summed E-state index contributed by atoms with van der Waals surface area (Å²) in [5.74, 6) is 1.23. The van der Waals surface area contributed by atoms with Gasteiger partial charge in [-0.3, -0.25) is 15.2 Å². The number of oxazole rings is 1. The molecule has 0 aliphatic carbocycles. The molecule has 2 bridgehead atoms. The van der Waals surface area contributed by atoms with Crippen LogP contribution >= 0.6 is 0 Å². The molecule has 1 saturated heterocycles. The zero-order valence-electron chi connectivity index (χ0n) is 18.6. The molecule has 2 aliphatic heterocycles. The molecular formula is C24H18F3N7O2. The summed E-state index contributed by atoms with van der Waals surface area (Å²) < 4.78 is 44.9. The van der Waals surface area contributed by atoms with Gasteiger partial charge in [0, 0.05) is 36.6 Å². The number of anilines is 3. The molecule has 1 atom stereocenters. The van der Waals surface area contributed by atoms with Crippen molar-refractivity contribution >= 4 is 23.4 Å². The molecule has 0 unspecified atom stereocenters. The van der Waals surface area contributed by atoms with Crippen LogP contribution < -0.4 is 15.1 Å². The molecule has 0 saturated carbocycles. The third kappa shape index (κ3) is 3.89. The highest BCUT2D eigenvalue weighted by atomic mass is 19.4. The van der Waals surface area contributed by atoms with Crippen molar-refractivity contribution in [2.45, 2.75) is 18.6 Å². The van der Waals surface area contributed by atoms with Crippen molar-refractivity contribution in [2.75, 3.05) is 28.2 Å². The highest BCUT2D eigenvalue weighted by molar-refractivity contribution is 6.04. The summed E-state index contributed by atoms with van der Waals surface area (Å²) in [5, 5.41) is 2.82. The first kappa shape index (κ1) is 22.0. The van der Waals surface area contributed by atoms with Gasteiger partial charge in [-0.1, -0.05) is 0 Å². The molecule has 0 radical (unpaired) electrons. The van der Waals surface area contributed by atoms with Crippen molar-refractivity contribution in [3.63, 3.8) is 0 Å². The van der Waals surface area contributed by atoms with Crippen LogP contribution in [-0.4, -0.2) is 45.1 Å². The number of hydrogen-bond acceptors (Lipinski definition) is 7. The van der Waals surface area contributed by atoms with Gasteiger partial charge in [0.15, 0.2) is 18.0 Å². The monoisotopic (exact) mass is 493 g/mol. The fourth-order valence-corrected chi connectivity index (χ4v) is 4.56. The van der Waals surface area contributed by atoms with Gasteiger partial charge in [0.25, 0.3) is 0 Å². The van der Waals surface area contributed by atoms with E-state index in [0.29, 0.717) is 35.2 Å². The Kier molecular flexibility index (Phi) is 5.09. The van der Waals surface area contributed by atoms with Gasteiger partial charge in [-0.25, -0.2) is 19.7 Å². The van der Waals surface area contributed by atoms with E-state index in [0.717, 1.165) is 30.9 Å². The third-order valence-electron chi connectivity index (χ3n) is 6.23. The van der Waals surface area contributed by atoms with Crippen LogP contribution in [0.1, 0.15) is 12.1 Å². The number of carbonyl (C=O) groups is 1. The quantitative estimate of drug-likeness (QED) is 0.436. The predicted octanol–water partition coefficient (Wildman–Crippen LogP) is 4.84. The minimum Gasteiger partial charge on any atom is -0.444 e. The molecule has 6 rings (SSSR count). The van der Waals surface area contributed by atoms with Gasteiger partial charge in [0.05, 0.1) is 23.6 Å². The van der Waals surface area contributed by atoms with Crippen LogP contribution in [0, 0.1) is 0 Å². The molecular weight excluding hydrogens is 475 g/mol. The lowest BCUT2D eigenvalue weighted by Gasteiger charge is -2.35. The van der Waals surface area contributed by atoms with E-state index in [4.69, 9.17) is 4.42 Å². The van der Waals surface area contributed by atoms with Crippen LogP contribution in [0.5, 0.6) is 0 Å². The van der Waals surface area contributed by atoms with Gasteiger partial charge in [0.1, 0.15) is 11.5 Å². The minimum atomic E-state index is -4.58. The number of rotatable bonds is 3. The van der Waals surface area contributed by atoms with Crippen molar-refractivity contribution < 1.29 is 22.4 Å². The van der Waals surface area contributed by atoms with Crippen LogP contribution in [0.2, 0.25) is 0 Å². The number of amides is 2. The highest BCUT2D eigenvalue weighted by Gasteiger charge is 2.40. The fraction of sp³-hybridized carbons (Fsp3) is 0.208. The molecule has 1 fully saturated rings. The Morgan fingerprint density at radius 1 is 1.08 bits per heavy atom. The molecule has 182 valence electrons. The zero-order chi connectivity index (χ0) is 24.9. The lowest BCUT2D eigenvalue weighted by molar-refractivity contribution is -0.141. The second-order valence-electron chi connectivity index (χ2n) is 8.45. The van der Waals surface area contributed by atoms with E-state index in [1.165, 1.54) is 12.5 Å². The number of alkyl halides is 3. The van der Waals surface area contributed by atoms with Gasteiger partial charge < -0.3 is 9.32 Å². The minimum absolute atomic E-state index is 0.138. The molecule has 2 aliphatic rings. The Balaban J connectivity index is 1.34. The van der Waals surface area contributed by atoms with Crippen LogP contribution in [0.15, 0.2) is 65.8 Å². The molecule has 9 nitrogen and oxygen atoms in total. The number of carbonyl (C=O) groups excluding carboxylic acids is 1. The molecule has 36 heavy (non-hydrogen) atoms. The zero-order valence-corrected chi connectivity index (χ0v) is 18.6. The summed E-state index contributed by atoms with van der Waals surface area (Å²) in [6.45, 7) is 1.38. The topological polar surface area (TPSA) is 100 Å². The van der Waals surface area contributed by atoms with Crippen LogP contribution in [-0.2, 0) is 6.18 Å². The Hall–Kier alpha value is -4.48. The summed E-state index contributed by atoms with van der Waals surface area (Å²) in [6.07, 6.45) is 1.68. The maximum atomic E-state index is 13.5. The van der Waals surface area contributed by atoms with E-state index >= 15 is 0 Å². The average Bonchev–Trinajstić information content (AvgIpc) is 3.55. The van der Waals surface area contributed by atoms with E-state index in [2.05, 4.69) is 30.2 Å². The molecule has 0 spiro atoms. The fourth-order valence-electron chi connectivity index (χ4n) is 4.56. The van der Waals surface area contributed by atoms with Gasteiger partial charge in [-0.2, -0.15) is 13.2 Å². The molecule has 12 heteroatoms. The van der Waals surface area contributed by atoms with Gasteiger partial charge in [-0.15, -0.1) is 0 Å². The van der Waals surface area contributed by atoms with Gasteiger partial charge in [0.2, 0.25) is 0 Å². The normalized spacial score (nSPS) is 16.7. The largest absolute Gasteiger partial charge is 0.444 e. The lowest BCUT2D eigenvalue weighted by Crippen LogP contribution is -2.48. The summed E-state index contributed by atoms with van der Waals surface area (Å²) in [5.41, 5.74) is 1.01.